The fourth-order valence-corrected chi connectivity index (χ4v) is 4.67. The molecule has 0 atom stereocenters. The molecule has 0 heterocycles. The molecule has 0 bridgehead atoms. The number of halogens is 2. The van der Waals surface area contributed by atoms with E-state index >= 15 is 0 Å². The van der Waals surface area contributed by atoms with Crippen molar-refractivity contribution in [3.05, 3.63) is 88.7 Å². The average molecular weight is 505 g/mol. The summed E-state index contributed by atoms with van der Waals surface area (Å²) in [5.41, 5.74) is 1.46. The van der Waals surface area contributed by atoms with Crippen molar-refractivity contribution < 1.29 is 27.1 Å². The number of anilines is 2. The smallest absolute Gasteiger partial charge is 0.339 e. The van der Waals surface area contributed by atoms with Crippen molar-refractivity contribution in [2.75, 3.05) is 22.8 Å². The zero-order valence-electron chi connectivity index (χ0n) is 18.4. The summed E-state index contributed by atoms with van der Waals surface area (Å²) in [5.74, 6) is -1.90. The van der Waals surface area contributed by atoms with Crippen molar-refractivity contribution in [1.29, 1.82) is 0 Å². The fourth-order valence-electron chi connectivity index (χ4n) is 3.06. The van der Waals surface area contributed by atoms with Gasteiger partial charge in [0.05, 0.1) is 27.8 Å². The fraction of sp³-hybridized carbons (Fsp3) is 0.167. The number of esters is 1. The highest BCUT2D eigenvalue weighted by molar-refractivity contribution is 7.92. The summed E-state index contributed by atoms with van der Waals surface area (Å²) < 4.78 is 45.9. The van der Waals surface area contributed by atoms with E-state index < -0.39 is 34.3 Å². The Labute approximate surface area is 202 Å². The van der Waals surface area contributed by atoms with Gasteiger partial charge in [-0.15, -0.1) is 0 Å². The first-order chi connectivity index (χ1) is 16.1. The normalized spacial score (nSPS) is 11.1. The van der Waals surface area contributed by atoms with E-state index in [2.05, 4.69) is 5.32 Å². The Kier molecular flexibility index (Phi) is 7.90. The first kappa shape index (κ1) is 25.2. The van der Waals surface area contributed by atoms with Crippen LogP contribution in [0, 0.1) is 12.7 Å². The van der Waals surface area contributed by atoms with Gasteiger partial charge in [-0.2, -0.15) is 0 Å². The van der Waals surface area contributed by atoms with E-state index in [0.717, 1.165) is 34.1 Å². The quantitative estimate of drug-likeness (QED) is 0.445. The Hall–Kier alpha value is -3.43. The maximum atomic E-state index is 13.3. The molecule has 3 aromatic rings. The molecule has 0 aromatic heterocycles. The molecule has 0 radical (unpaired) electrons. The van der Waals surface area contributed by atoms with Crippen LogP contribution in [-0.4, -0.2) is 33.4 Å². The second kappa shape index (κ2) is 10.7. The highest BCUT2D eigenvalue weighted by Gasteiger charge is 2.27. The van der Waals surface area contributed by atoms with E-state index in [0.29, 0.717) is 0 Å². The van der Waals surface area contributed by atoms with Gasteiger partial charge in [0.2, 0.25) is 5.91 Å². The van der Waals surface area contributed by atoms with E-state index in [1.807, 2.05) is 6.92 Å². The van der Waals surface area contributed by atoms with Crippen LogP contribution < -0.4 is 9.62 Å². The molecule has 0 aliphatic heterocycles. The average Bonchev–Trinajstić information content (AvgIpc) is 2.80. The summed E-state index contributed by atoms with van der Waals surface area (Å²) in [4.78, 5) is 24.8. The molecule has 1 amide bonds. The molecule has 0 fully saturated rings. The Balaban J connectivity index is 1.90. The number of hydrogen-bond acceptors (Lipinski definition) is 5. The number of carbonyl (C=O) groups is 2. The van der Waals surface area contributed by atoms with Crippen LogP contribution in [0.2, 0.25) is 5.02 Å². The molecule has 0 aliphatic rings. The second-order valence-electron chi connectivity index (χ2n) is 7.26. The van der Waals surface area contributed by atoms with Gasteiger partial charge in [-0.25, -0.2) is 17.6 Å². The first-order valence-electron chi connectivity index (χ1n) is 10.2. The third-order valence-corrected chi connectivity index (χ3v) is 6.87. The van der Waals surface area contributed by atoms with Gasteiger partial charge in [0, 0.05) is 5.69 Å². The standard InChI is InChI=1S/C24H22ClFN2O5S/c1-3-33-24(30)21-14-18(8-13-22(21)25)27-23(29)15-28(19-9-4-16(2)5-10-19)34(31,32)20-11-6-17(26)7-12-20/h4-14H,3,15H2,1-2H3,(H,27,29). The van der Waals surface area contributed by atoms with Gasteiger partial charge in [-0.1, -0.05) is 29.3 Å². The topological polar surface area (TPSA) is 92.8 Å². The number of nitrogens with one attached hydrogen (secondary N) is 1. The Morgan fingerprint density at radius 2 is 1.68 bits per heavy atom. The number of amides is 1. The summed E-state index contributed by atoms with van der Waals surface area (Å²) in [6.07, 6.45) is 0. The van der Waals surface area contributed by atoms with Crippen molar-refractivity contribution in [2.45, 2.75) is 18.7 Å². The second-order valence-corrected chi connectivity index (χ2v) is 9.53. The van der Waals surface area contributed by atoms with Crippen LogP contribution in [0.3, 0.4) is 0 Å². The van der Waals surface area contributed by atoms with Gasteiger partial charge in [-0.05, 0) is 68.4 Å². The van der Waals surface area contributed by atoms with Crippen LogP contribution >= 0.6 is 11.6 Å². The van der Waals surface area contributed by atoms with E-state index in [-0.39, 0.29) is 33.5 Å². The number of benzene rings is 3. The van der Waals surface area contributed by atoms with Crippen molar-refractivity contribution in [2.24, 2.45) is 0 Å². The van der Waals surface area contributed by atoms with Gasteiger partial charge in [0.15, 0.2) is 0 Å². The lowest BCUT2D eigenvalue weighted by Crippen LogP contribution is -2.38. The molecule has 3 aromatic carbocycles. The Morgan fingerprint density at radius 1 is 1.03 bits per heavy atom. The third-order valence-electron chi connectivity index (χ3n) is 4.76. The summed E-state index contributed by atoms with van der Waals surface area (Å²) in [5, 5.41) is 2.73. The molecule has 7 nitrogen and oxygen atoms in total. The first-order valence-corrected chi connectivity index (χ1v) is 12.0. The molecule has 0 aliphatic carbocycles. The molecular weight excluding hydrogens is 483 g/mol. The van der Waals surface area contributed by atoms with Crippen LogP contribution in [0.15, 0.2) is 71.6 Å². The van der Waals surface area contributed by atoms with E-state index in [4.69, 9.17) is 16.3 Å². The SMILES string of the molecule is CCOC(=O)c1cc(NC(=O)CN(c2ccc(C)cc2)S(=O)(=O)c2ccc(F)cc2)ccc1Cl. The van der Waals surface area contributed by atoms with Crippen LogP contribution in [-0.2, 0) is 19.6 Å². The molecule has 1 N–H and O–H groups in total. The van der Waals surface area contributed by atoms with Gasteiger partial charge in [0.1, 0.15) is 12.4 Å². The molecule has 34 heavy (non-hydrogen) atoms. The number of hydrogen-bond donors (Lipinski definition) is 1. The lowest BCUT2D eigenvalue weighted by Gasteiger charge is -2.24. The molecule has 0 saturated carbocycles. The number of aryl methyl sites for hydroxylation is 1. The van der Waals surface area contributed by atoms with Crippen molar-refractivity contribution in [3.63, 3.8) is 0 Å². The van der Waals surface area contributed by atoms with Gasteiger partial charge in [0.25, 0.3) is 10.0 Å². The van der Waals surface area contributed by atoms with Gasteiger partial charge < -0.3 is 10.1 Å². The number of sulfonamides is 1. The molecule has 3 rings (SSSR count). The largest absolute Gasteiger partial charge is 0.462 e. The molecule has 0 unspecified atom stereocenters. The maximum absolute atomic E-state index is 13.3. The van der Waals surface area contributed by atoms with Crippen LogP contribution in [0.1, 0.15) is 22.8 Å². The monoisotopic (exact) mass is 504 g/mol. The van der Waals surface area contributed by atoms with Crippen LogP contribution in [0.4, 0.5) is 15.8 Å². The third kappa shape index (κ3) is 5.92. The molecule has 0 spiro atoms. The minimum Gasteiger partial charge on any atom is -0.462 e. The number of nitrogens with zero attached hydrogens (tertiary/aromatic N) is 1. The molecular formula is C24H22ClFN2O5S. The lowest BCUT2D eigenvalue weighted by molar-refractivity contribution is -0.114. The van der Waals surface area contributed by atoms with Crippen LogP contribution in [0.25, 0.3) is 0 Å². The number of carbonyl (C=O) groups excluding carboxylic acids is 2. The molecule has 0 saturated heterocycles. The zero-order chi connectivity index (χ0) is 24.9. The van der Waals surface area contributed by atoms with E-state index in [9.17, 15) is 22.4 Å². The number of rotatable bonds is 8. The lowest BCUT2D eigenvalue weighted by atomic mass is 10.2. The highest BCUT2D eigenvalue weighted by atomic mass is 35.5. The van der Waals surface area contributed by atoms with Crippen molar-refractivity contribution >= 4 is 44.9 Å². The predicted molar refractivity (Wildman–Crippen MR) is 128 cm³/mol. The number of ether oxygens (including phenoxy) is 1. The highest BCUT2D eigenvalue weighted by Crippen LogP contribution is 2.25. The molecule has 178 valence electrons. The molecule has 10 heteroatoms. The summed E-state index contributed by atoms with van der Waals surface area (Å²) >= 11 is 6.05. The summed E-state index contributed by atoms with van der Waals surface area (Å²) in [6, 6.07) is 15.2. The van der Waals surface area contributed by atoms with Crippen molar-refractivity contribution in [3.8, 4) is 0 Å². The van der Waals surface area contributed by atoms with E-state index in [1.54, 1.807) is 31.2 Å². The minimum absolute atomic E-state index is 0.0654. The summed E-state index contributed by atoms with van der Waals surface area (Å²) in [6.45, 7) is 3.08. The van der Waals surface area contributed by atoms with Crippen molar-refractivity contribution in [1.82, 2.24) is 0 Å². The van der Waals surface area contributed by atoms with E-state index in [1.165, 1.54) is 18.2 Å². The Bertz CT molecular complexity index is 1300. The summed E-state index contributed by atoms with van der Waals surface area (Å²) in [7, 11) is -4.20. The maximum Gasteiger partial charge on any atom is 0.339 e. The van der Waals surface area contributed by atoms with Crippen LogP contribution in [0.5, 0.6) is 0 Å². The predicted octanol–water partition coefficient (Wildman–Crippen LogP) is 4.80. The van der Waals surface area contributed by atoms with Gasteiger partial charge >= 0.3 is 5.97 Å². The Morgan fingerprint density at radius 3 is 2.29 bits per heavy atom. The van der Waals surface area contributed by atoms with Gasteiger partial charge in [-0.3, -0.25) is 9.10 Å². The minimum atomic E-state index is -4.20. The zero-order valence-corrected chi connectivity index (χ0v) is 20.0.